The average Bonchev–Trinajstić information content (AvgIpc) is 1.61. The second kappa shape index (κ2) is 9.88. The van der Waals surface area contributed by atoms with Crippen LogP contribution in [0.1, 0.15) is 26.2 Å². The summed E-state index contributed by atoms with van der Waals surface area (Å²) in [6.45, 7) is 7.25. The van der Waals surface area contributed by atoms with Crippen LogP contribution >= 0.6 is 0 Å². The molecule has 0 saturated carbocycles. The Kier molecular flexibility index (Phi) is 15.1. The van der Waals surface area contributed by atoms with E-state index in [1.165, 1.54) is 12.8 Å². The number of allylic oxidation sites excluding steroid dienone is 1. The normalized spacial score (nSPS) is 7.00. The van der Waals surface area contributed by atoms with Crippen molar-refractivity contribution in [2.75, 3.05) is 0 Å². The fraction of sp³-hybridized carbons (Fsp3) is 0.667. The topological polar surface area (TPSA) is 0 Å². The van der Waals surface area contributed by atoms with Crippen LogP contribution in [-0.2, 0) is 0 Å². The molecule has 36 valence electrons. The standard InChI is InChI=1S/C6H11.Na/c1-3-5-6-4-2;/h1,3H,4-6H2,2H3;/q-1;+1. The minimum atomic E-state index is 0. The molecule has 0 heterocycles. The third kappa shape index (κ3) is 10.8. The van der Waals surface area contributed by atoms with Crippen molar-refractivity contribution in [3.8, 4) is 0 Å². The zero-order valence-corrected chi connectivity index (χ0v) is 7.28. The molecule has 0 spiro atoms. The molecule has 0 aliphatic heterocycles. The van der Waals surface area contributed by atoms with Gasteiger partial charge in [0.25, 0.3) is 0 Å². The summed E-state index contributed by atoms with van der Waals surface area (Å²) in [7, 11) is 0. The Morgan fingerprint density at radius 3 is 2.29 bits per heavy atom. The van der Waals surface area contributed by atoms with Gasteiger partial charge in [-0.3, -0.25) is 6.08 Å². The van der Waals surface area contributed by atoms with Gasteiger partial charge in [0.15, 0.2) is 0 Å². The van der Waals surface area contributed by atoms with E-state index >= 15 is 0 Å². The van der Waals surface area contributed by atoms with E-state index in [4.69, 9.17) is 6.58 Å². The molecular formula is C6H11Na. The molecule has 0 aliphatic carbocycles. The minimum Gasteiger partial charge on any atom is -0.518 e. The van der Waals surface area contributed by atoms with Gasteiger partial charge in [-0.1, -0.05) is 26.2 Å². The van der Waals surface area contributed by atoms with Crippen LogP contribution in [-0.4, -0.2) is 0 Å². The van der Waals surface area contributed by atoms with Crippen molar-refractivity contribution in [3.63, 3.8) is 0 Å². The SMILES string of the molecule is [CH-]=CCCCC.[Na+]. The van der Waals surface area contributed by atoms with Gasteiger partial charge in [0.2, 0.25) is 0 Å². The van der Waals surface area contributed by atoms with Crippen molar-refractivity contribution in [2.24, 2.45) is 0 Å². The zero-order chi connectivity index (χ0) is 4.83. The Bertz CT molecular complexity index is 33.2. The molecule has 7 heavy (non-hydrogen) atoms. The molecule has 0 N–H and O–H groups in total. The number of hydrogen-bond acceptors (Lipinski definition) is 0. The quantitative estimate of drug-likeness (QED) is 0.250. The summed E-state index contributed by atoms with van der Waals surface area (Å²) in [6.07, 6.45) is 5.25. The second-order valence-electron chi connectivity index (χ2n) is 1.38. The number of rotatable bonds is 3. The largest absolute Gasteiger partial charge is 1.00 e. The Hall–Kier alpha value is 0.740. The van der Waals surface area contributed by atoms with Gasteiger partial charge in [-0.2, -0.15) is 0 Å². The third-order valence-corrected chi connectivity index (χ3v) is 0.724. The van der Waals surface area contributed by atoms with Crippen molar-refractivity contribution in [1.29, 1.82) is 0 Å². The molecule has 0 fully saturated rings. The van der Waals surface area contributed by atoms with Gasteiger partial charge in [-0.05, 0) is 0 Å². The van der Waals surface area contributed by atoms with Crippen LogP contribution < -0.4 is 29.6 Å². The summed E-state index contributed by atoms with van der Waals surface area (Å²) < 4.78 is 0. The van der Waals surface area contributed by atoms with Crippen molar-refractivity contribution in [3.05, 3.63) is 12.7 Å². The van der Waals surface area contributed by atoms with E-state index in [0.29, 0.717) is 0 Å². The van der Waals surface area contributed by atoms with E-state index in [9.17, 15) is 0 Å². The molecule has 0 saturated heterocycles. The molecule has 0 aromatic rings. The third-order valence-electron chi connectivity index (χ3n) is 0.724. The van der Waals surface area contributed by atoms with Crippen LogP contribution in [0.4, 0.5) is 0 Å². The maximum absolute atomic E-state index is 5.09. The zero-order valence-electron chi connectivity index (χ0n) is 5.28. The van der Waals surface area contributed by atoms with Gasteiger partial charge in [-0.25, -0.2) is 0 Å². The van der Waals surface area contributed by atoms with Gasteiger partial charge in [0.1, 0.15) is 0 Å². The van der Waals surface area contributed by atoms with E-state index in [1.54, 1.807) is 6.08 Å². The number of unbranched alkanes of at least 4 members (excludes halogenated alkanes) is 2. The minimum absolute atomic E-state index is 0. The van der Waals surface area contributed by atoms with Crippen molar-refractivity contribution in [1.82, 2.24) is 0 Å². The molecule has 0 atom stereocenters. The summed E-state index contributed by atoms with van der Waals surface area (Å²) in [5.74, 6) is 0. The van der Waals surface area contributed by atoms with Crippen molar-refractivity contribution < 1.29 is 29.6 Å². The van der Waals surface area contributed by atoms with E-state index in [2.05, 4.69) is 6.92 Å². The van der Waals surface area contributed by atoms with Gasteiger partial charge in [0.05, 0.1) is 0 Å². The predicted octanol–water partition coefficient (Wildman–Crippen LogP) is -0.830. The summed E-state index contributed by atoms with van der Waals surface area (Å²) in [5.41, 5.74) is 0. The molecule has 0 aliphatic rings. The molecular weight excluding hydrogens is 95.1 g/mol. The van der Waals surface area contributed by atoms with Gasteiger partial charge in [0, 0.05) is 0 Å². The van der Waals surface area contributed by atoms with Crippen LogP contribution in [0.25, 0.3) is 0 Å². The Labute approximate surface area is 68.3 Å². The molecule has 0 bridgehead atoms. The molecule has 0 amide bonds. The Morgan fingerprint density at radius 2 is 2.14 bits per heavy atom. The van der Waals surface area contributed by atoms with Crippen molar-refractivity contribution >= 4 is 0 Å². The molecule has 0 radical (unpaired) electrons. The molecule has 0 unspecified atom stereocenters. The number of hydrogen-bond donors (Lipinski definition) is 0. The fourth-order valence-corrected chi connectivity index (χ4v) is 0.322. The van der Waals surface area contributed by atoms with Gasteiger partial charge >= 0.3 is 29.6 Å². The fourth-order valence-electron chi connectivity index (χ4n) is 0.322. The maximum Gasteiger partial charge on any atom is 1.00 e. The van der Waals surface area contributed by atoms with E-state index in [-0.39, 0.29) is 29.6 Å². The van der Waals surface area contributed by atoms with Crippen LogP contribution in [0.2, 0.25) is 0 Å². The monoisotopic (exact) mass is 106 g/mol. The summed E-state index contributed by atoms with van der Waals surface area (Å²) >= 11 is 0. The van der Waals surface area contributed by atoms with Gasteiger partial charge < -0.3 is 6.58 Å². The Morgan fingerprint density at radius 1 is 1.57 bits per heavy atom. The van der Waals surface area contributed by atoms with Crippen LogP contribution in [0.3, 0.4) is 0 Å². The average molecular weight is 106 g/mol. The first-order valence-corrected chi connectivity index (χ1v) is 2.45. The summed E-state index contributed by atoms with van der Waals surface area (Å²) in [4.78, 5) is 0. The maximum atomic E-state index is 5.09. The first-order valence-electron chi connectivity index (χ1n) is 2.45. The Balaban J connectivity index is 0. The van der Waals surface area contributed by atoms with Crippen LogP contribution in [0.15, 0.2) is 6.08 Å². The summed E-state index contributed by atoms with van der Waals surface area (Å²) in [6, 6.07) is 0. The van der Waals surface area contributed by atoms with E-state index < -0.39 is 0 Å². The first-order chi connectivity index (χ1) is 2.91. The van der Waals surface area contributed by atoms with Gasteiger partial charge in [-0.15, -0.1) is 0 Å². The summed E-state index contributed by atoms with van der Waals surface area (Å²) in [5, 5.41) is 0. The molecule has 1 heteroatoms. The van der Waals surface area contributed by atoms with E-state index in [1.807, 2.05) is 0 Å². The second-order valence-corrected chi connectivity index (χ2v) is 1.38. The van der Waals surface area contributed by atoms with Crippen LogP contribution in [0, 0.1) is 6.58 Å². The molecule has 0 aromatic heterocycles. The van der Waals surface area contributed by atoms with Crippen LogP contribution in [0.5, 0.6) is 0 Å². The predicted molar refractivity (Wildman–Crippen MR) is 28.4 cm³/mol. The van der Waals surface area contributed by atoms with Crippen molar-refractivity contribution in [2.45, 2.75) is 26.2 Å². The molecule has 0 rings (SSSR count). The smallest absolute Gasteiger partial charge is 0.518 e. The molecule has 0 aromatic carbocycles. The first kappa shape index (κ1) is 10.7. The van der Waals surface area contributed by atoms with E-state index in [0.717, 1.165) is 6.42 Å². The molecule has 0 nitrogen and oxygen atoms in total.